The first-order valence-electron chi connectivity index (χ1n) is 6.15. The van der Waals surface area contributed by atoms with Gasteiger partial charge in [0.15, 0.2) is 0 Å². The summed E-state index contributed by atoms with van der Waals surface area (Å²) in [4.78, 5) is 16.1. The van der Waals surface area contributed by atoms with Crippen molar-refractivity contribution in [2.75, 3.05) is 0 Å². The average Bonchev–Trinajstić information content (AvgIpc) is 2.94. The lowest BCUT2D eigenvalue weighted by Gasteiger charge is -2.14. The third kappa shape index (κ3) is 3.58. The number of rotatable bonds is 4. The lowest BCUT2D eigenvalue weighted by molar-refractivity contribution is -0.131. The van der Waals surface area contributed by atoms with Gasteiger partial charge in [0.1, 0.15) is 16.9 Å². The number of nitrogens with zero attached hydrogens (tertiary/aromatic N) is 1. The highest BCUT2D eigenvalue weighted by molar-refractivity contribution is 9.10. The van der Waals surface area contributed by atoms with Gasteiger partial charge in [0.25, 0.3) is 0 Å². The van der Waals surface area contributed by atoms with Crippen LogP contribution >= 0.6 is 27.3 Å². The first-order valence-corrected chi connectivity index (χ1v) is 7.82. The second-order valence-electron chi connectivity index (χ2n) is 4.56. The number of halogens is 1. The van der Waals surface area contributed by atoms with Crippen LogP contribution in [0, 0.1) is 13.8 Å². The van der Waals surface area contributed by atoms with Gasteiger partial charge in [0, 0.05) is 16.0 Å². The Labute approximate surface area is 135 Å². The Morgan fingerprint density at radius 3 is 2.57 bits per heavy atom. The molecule has 0 saturated heterocycles. The molecule has 1 atom stereocenters. The zero-order chi connectivity index (χ0) is 15.6. The predicted octanol–water partition coefficient (Wildman–Crippen LogP) is 3.72. The van der Waals surface area contributed by atoms with Gasteiger partial charge >= 0.3 is 5.97 Å². The van der Waals surface area contributed by atoms with E-state index >= 15 is 0 Å². The Morgan fingerprint density at radius 2 is 2.05 bits per heavy atom. The lowest BCUT2D eigenvalue weighted by Crippen LogP contribution is -2.17. The van der Waals surface area contributed by atoms with Crippen LogP contribution in [-0.2, 0) is 4.79 Å². The smallest absolute Gasteiger partial charge is 0.341 e. The fraction of sp³-hybridized carbons (Fsp3) is 0.200. The Balaban J connectivity index is 2.17. The number of benzene rings is 1. The van der Waals surface area contributed by atoms with Gasteiger partial charge < -0.3 is 9.84 Å². The maximum Gasteiger partial charge on any atom is 0.341 e. The van der Waals surface area contributed by atoms with Crippen molar-refractivity contribution in [2.45, 2.75) is 20.0 Å². The summed E-state index contributed by atoms with van der Waals surface area (Å²) in [6.07, 6.45) is 0.416. The molecule has 6 heteroatoms. The number of aliphatic hydroxyl groups excluding tert-OH is 1. The number of esters is 1. The van der Waals surface area contributed by atoms with E-state index in [-0.39, 0.29) is 5.57 Å². The minimum atomic E-state index is -1.14. The third-order valence-electron chi connectivity index (χ3n) is 2.90. The van der Waals surface area contributed by atoms with E-state index in [1.165, 1.54) is 11.3 Å². The molecule has 0 aliphatic heterocycles. The molecule has 2 rings (SSSR count). The SMILES string of the molecule is C=C(C(=O)Oc1c(C)cc(Br)cc1C)C(O)c1nccs1. The topological polar surface area (TPSA) is 59.4 Å². The lowest BCUT2D eigenvalue weighted by atomic mass is 10.1. The summed E-state index contributed by atoms with van der Waals surface area (Å²) in [7, 11) is 0. The number of aromatic nitrogens is 1. The number of thiazole rings is 1. The second kappa shape index (κ2) is 6.51. The number of carbonyl (C=O) groups excluding carboxylic acids is 1. The fourth-order valence-corrected chi connectivity index (χ4v) is 3.19. The first kappa shape index (κ1) is 15.9. The molecule has 2 aromatic rings. The van der Waals surface area contributed by atoms with Crippen molar-refractivity contribution in [1.82, 2.24) is 4.98 Å². The zero-order valence-corrected chi connectivity index (χ0v) is 14.0. The van der Waals surface area contributed by atoms with Gasteiger partial charge in [0.2, 0.25) is 0 Å². The van der Waals surface area contributed by atoms with Crippen LogP contribution in [0.1, 0.15) is 22.2 Å². The number of hydrogen-bond donors (Lipinski definition) is 1. The van der Waals surface area contributed by atoms with Gasteiger partial charge in [-0.05, 0) is 37.1 Å². The average molecular weight is 368 g/mol. The van der Waals surface area contributed by atoms with Crippen molar-refractivity contribution in [2.24, 2.45) is 0 Å². The van der Waals surface area contributed by atoms with E-state index < -0.39 is 12.1 Å². The van der Waals surface area contributed by atoms with Crippen molar-refractivity contribution in [3.05, 3.63) is 56.5 Å². The summed E-state index contributed by atoms with van der Waals surface area (Å²) >= 11 is 4.64. The summed E-state index contributed by atoms with van der Waals surface area (Å²) in [6, 6.07) is 3.71. The first-order chi connectivity index (χ1) is 9.90. The molecule has 110 valence electrons. The fourth-order valence-electron chi connectivity index (χ4n) is 1.85. The summed E-state index contributed by atoms with van der Waals surface area (Å²) < 4.78 is 6.29. The van der Waals surface area contributed by atoms with E-state index in [1.807, 2.05) is 26.0 Å². The van der Waals surface area contributed by atoms with E-state index in [1.54, 1.807) is 11.6 Å². The molecule has 1 N–H and O–H groups in total. The van der Waals surface area contributed by atoms with Gasteiger partial charge in [-0.15, -0.1) is 11.3 Å². The van der Waals surface area contributed by atoms with Crippen molar-refractivity contribution >= 4 is 33.2 Å². The monoisotopic (exact) mass is 367 g/mol. The largest absolute Gasteiger partial charge is 0.423 e. The van der Waals surface area contributed by atoms with E-state index in [0.29, 0.717) is 10.8 Å². The molecule has 0 amide bonds. The molecule has 1 aromatic heterocycles. The van der Waals surface area contributed by atoms with Gasteiger partial charge in [0.05, 0.1) is 5.57 Å². The van der Waals surface area contributed by atoms with Gasteiger partial charge in [-0.2, -0.15) is 0 Å². The molecule has 0 spiro atoms. The number of hydrogen-bond acceptors (Lipinski definition) is 5. The number of ether oxygens (including phenoxy) is 1. The minimum absolute atomic E-state index is 0.0355. The Kier molecular flexibility index (Phi) is 4.92. The molecular weight excluding hydrogens is 354 g/mol. The summed E-state index contributed by atoms with van der Waals surface area (Å²) in [5.41, 5.74) is 1.62. The minimum Gasteiger partial charge on any atom is -0.423 e. The van der Waals surface area contributed by atoms with Gasteiger partial charge in [-0.3, -0.25) is 0 Å². The van der Waals surface area contributed by atoms with Crippen LogP contribution in [0.3, 0.4) is 0 Å². The standard InChI is InChI=1S/C15H14BrNO3S/c1-8-6-11(16)7-9(2)13(8)20-15(19)10(3)12(18)14-17-4-5-21-14/h4-7,12,18H,3H2,1-2H3. The number of carbonyl (C=O) groups is 1. The van der Waals surface area contributed by atoms with Gasteiger partial charge in [-0.25, -0.2) is 9.78 Å². The number of aryl methyl sites for hydroxylation is 2. The molecule has 0 radical (unpaired) electrons. The summed E-state index contributed by atoms with van der Waals surface area (Å²) in [6.45, 7) is 7.31. The van der Waals surface area contributed by atoms with Crippen LogP contribution in [0.2, 0.25) is 0 Å². The molecule has 4 nitrogen and oxygen atoms in total. The highest BCUT2D eigenvalue weighted by atomic mass is 79.9. The molecule has 0 fully saturated rings. The molecule has 0 aliphatic rings. The predicted molar refractivity (Wildman–Crippen MR) is 85.5 cm³/mol. The number of aliphatic hydroxyl groups is 1. The summed E-state index contributed by atoms with van der Waals surface area (Å²) in [5.74, 6) is -0.179. The van der Waals surface area contributed by atoms with Crippen molar-refractivity contribution in [3.8, 4) is 5.75 Å². The molecule has 1 aromatic carbocycles. The van der Waals surface area contributed by atoms with Crippen LogP contribution in [0.15, 0.2) is 40.3 Å². The maximum absolute atomic E-state index is 12.1. The molecule has 1 unspecified atom stereocenters. The zero-order valence-electron chi connectivity index (χ0n) is 11.6. The van der Waals surface area contributed by atoms with Crippen LogP contribution in [-0.4, -0.2) is 16.1 Å². The third-order valence-corrected chi connectivity index (χ3v) is 4.18. The van der Waals surface area contributed by atoms with Crippen LogP contribution in [0.5, 0.6) is 5.75 Å². The quantitative estimate of drug-likeness (QED) is 0.508. The van der Waals surface area contributed by atoms with E-state index in [4.69, 9.17) is 4.74 Å². The molecular formula is C15H14BrNO3S. The molecule has 0 saturated carbocycles. The van der Waals surface area contributed by atoms with E-state index in [0.717, 1.165) is 15.6 Å². The van der Waals surface area contributed by atoms with Crippen LogP contribution < -0.4 is 4.74 Å². The van der Waals surface area contributed by atoms with Crippen LogP contribution in [0.25, 0.3) is 0 Å². The van der Waals surface area contributed by atoms with E-state index in [9.17, 15) is 9.90 Å². The second-order valence-corrected chi connectivity index (χ2v) is 6.40. The summed E-state index contributed by atoms with van der Waals surface area (Å²) in [5, 5.41) is 12.2. The van der Waals surface area contributed by atoms with Crippen LogP contribution in [0.4, 0.5) is 0 Å². The van der Waals surface area contributed by atoms with Crippen molar-refractivity contribution in [3.63, 3.8) is 0 Å². The van der Waals surface area contributed by atoms with E-state index in [2.05, 4.69) is 27.5 Å². The molecule has 0 bridgehead atoms. The highest BCUT2D eigenvalue weighted by Gasteiger charge is 2.23. The molecule has 0 aliphatic carbocycles. The normalized spacial score (nSPS) is 12.0. The molecule has 21 heavy (non-hydrogen) atoms. The van der Waals surface area contributed by atoms with Crippen molar-refractivity contribution < 1.29 is 14.6 Å². The maximum atomic E-state index is 12.1. The highest BCUT2D eigenvalue weighted by Crippen LogP contribution is 2.29. The van der Waals surface area contributed by atoms with Gasteiger partial charge in [-0.1, -0.05) is 22.5 Å². The van der Waals surface area contributed by atoms with Crippen molar-refractivity contribution in [1.29, 1.82) is 0 Å². The molecule has 1 heterocycles. The Morgan fingerprint density at radius 1 is 1.43 bits per heavy atom. The Hall–Kier alpha value is -1.50. The Bertz CT molecular complexity index is 659.